The van der Waals surface area contributed by atoms with Gasteiger partial charge in [0.1, 0.15) is 5.60 Å². The smallest absolute Gasteiger partial charge is 0.122 e. The zero-order valence-electron chi connectivity index (χ0n) is 14.1. The summed E-state index contributed by atoms with van der Waals surface area (Å²) in [6, 6.07) is 15.1. The van der Waals surface area contributed by atoms with E-state index in [1.807, 2.05) is 13.0 Å². The van der Waals surface area contributed by atoms with Crippen LogP contribution in [0.25, 0.3) is 10.8 Å². The fourth-order valence-corrected chi connectivity index (χ4v) is 2.39. The van der Waals surface area contributed by atoms with Crippen molar-refractivity contribution in [2.24, 2.45) is 0 Å². The van der Waals surface area contributed by atoms with E-state index in [0.29, 0.717) is 6.42 Å². The molecular formula is C21H25NO. The minimum Gasteiger partial charge on any atom is -0.378 e. The number of hydrogen-bond acceptors (Lipinski definition) is 2. The van der Waals surface area contributed by atoms with Gasteiger partial charge < -0.3 is 10.4 Å². The molecule has 0 aliphatic rings. The van der Waals surface area contributed by atoms with Crippen LogP contribution < -0.4 is 5.32 Å². The van der Waals surface area contributed by atoms with E-state index in [4.69, 9.17) is 0 Å². The molecule has 0 aliphatic heterocycles. The van der Waals surface area contributed by atoms with Crippen molar-refractivity contribution in [2.45, 2.75) is 38.8 Å². The van der Waals surface area contributed by atoms with E-state index in [1.165, 1.54) is 16.3 Å². The van der Waals surface area contributed by atoms with Crippen molar-refractivity contribution < 1.29 is 5.11 Å². The van der Waals surface area contributed by atoms with Gasteiger partial charge in [0, 0.05) is 12.6 Å². The molecule has 2 nitrogen and oxygen atoms in total. The Morgan fingerprint density at radius 2 is 1.96 bits per heavy atom. The normalized spacial score (nSPS) is 15.1. The third-order valence-electron chi connectivity index (χ3n) is 4.06. The van der Waals surface area contributed by atoms with Gasteiger partial charge in [-0.25, -0.2) is 0 Å². The van der Waals surface area contributed by atoms with Crippen LogP contribution in [0.2, 0.25) is 0 Å². The molecule has 0 saturated carbocycles. The Morgan fingerprint density at radius 3 is 2.74 bits per heavy atom. The number of hydrogen-bond donors (Lipinski definition) is 2. The van der Waals surface area contributed by atoms with Gasteiger partial charge in [0.25, 0.3) is 0 Å². The molecule has 0 aromatic heterocycles. The summed E-state index contributed by atoms with van der Waals surface area (Å²) < 4.78 is 0. The van der Waals surface area contributed by atoms with E-state index in [-0.39, 0.29) is 6.04 Å². The van der Waals surface area contributed by atoms with Crippen molar-refractivity contribution >= 4 is 10.8 Å². The maximum Gasteiger partial charge on any atom is 0.122 e. The molecule has 2 heteroatoms. The second kappa shape index (κ2) is 7.97. The second-order valence-electron chi connectivity index (χ2n) is 6.00. The van der Waals surface area contributed by atoms with E-state index in [9.17, 15) is 5.11 Å². The molecule has 0 fully saturated rings. The first-order valence-corrected chi connectivity index (χ1v) is 8.14. The van der Waals surface area contributed by atoms with Crippen LogP contribution in [0.3, 0.4) is 0 Å². The third kappa shape index (κ3) is 4.96. The minimum atomic E-state index is -0.895. The summed E-state index contributed by atoms with van der Waals surface area (Å²) in [5.41, 5.74) is 0.407. The molecule has 0 heterocycles. The van der Waals surface area contributed by atoms with Gasteiger partial charge in [-0.15, -0.1) is 0 Å². The van der Waals surface area contributed by atoms with Gasteiger partial charge in [-0.3, -0.25) is 0 Å². The van der Waals surface area contributed by atoms with Crippen molar-refractivity contribution in [3.05, 3.63) is 60.2 Å². The Labute approximate surface area is 139 Å². The summed E-state index contributed by atoms with van der Waals surface area (Å²) in [4.78, 5) is 0. The molecule has 0 amide bonds. The van der Waals surface area contributed by atoms with Crippen molar-refractivity contribution in [1.29, 1.82) is 0 Å². The van der Waals surface area contributed by atoms with Gasteiger partial charge in [-0.2, -0.15) is 0 Å². The maximum absolute atomic E-state index is 9.79. The average Bonchev–Trinajstić information content (AvgIpc) is 2.57. The first kappa shape index (κ1) is 17.3. The van der Waals surface area contributed by atoms with Gasteiger partial charge in [-0.05, 0) is 42.7 Å². The standard InChI is InChI=1S/C21H25NO/c1-4-21(3,23)15-8-5-9-16-22-17(2)19-14-10-12-18-11-6-7-13-20(18)19/h5-7,9-14,17,22-23H,4,16H2,1-3H3/b9-5+/t17-,21-/m1/s1. The Morgan fingerprint density at radius 1 is 1.22 bits per heavy atom. The van der Waals surface area contributed by atoms with Gasteiger partial charge in [0.05, 0.1) is 0 Å². The van der Waals surface area contributed by atoms with Crippen LogP contribution in [-0.4, -0.2) is 17.3 Å². The first-order chi connectivity index (χ1) is 11.0. The molecule has 0 bridgehead atoms. The van der Waals surface area contributed by atoms with E-state index < -0.39 is 5.60 Å². The molecule has 0 unspecified atom stereocenters. The molecule has 2 aromatic rings. The van der Waals surface area contributed by atoms with Crippen molar-refractivity contribution in [2.75, 3.05) is 6.54 Å². The van der Waals surface area contributed by atoms with E-state index in [1.54, 1.807) is 13.0 Å². The largest absolute Gasteiger partial charge is 0.378 e. The lowest BCUT2D eigenvalue weighted by molar-refractivity contribution is 0.118. The minimum absolute atomic E-state index is 0.262. The SMILES string of the molecule is CC[C@@](C)(O)C#C/C=C/CN[C@H](C)c1cccc2ccccc12. The summed E-state index contributed by atoms with van der Waals surface area (Å²) in [7, 11) is 0. The number of fused-ring (bicyclic) bond motifs is 1. The lowest BCUT2D eigenvalue weighted by Crippen LogP contribution is -2.19. The Kier molecular flexibility index (Phi) is 5.98. The van der Waals surface area contributed by atoms with E-state index in [2.05, 4.69) is 66.5 Å². The van der Waals surface area contributed by atoms with Crippen LogP contribution in [0.1, 0.15) is 38.8 Å². The quantitative estimate of drug-likeness (QED) is 0.811. The molecule has 2 rings (SSSR count). The molecule has 120 valence electrons. The summed E-state index contributed by atoms with van der Waals surface area (Å²) in [6.45, 7) is 6.57. The van der Waals surface area contributed by atoms with Crippen molar-refractivity contribution in [1.82, 2.24) is 5.32 Å². The van der Waals surface area contributed by atoms with Crippen LogP contribution in [-0.2, 0) is 0 Å². The lowest BCUT2D eigenvalue weighted by Gasteiger charge is -2.15. The predicted octanol–water partition coefficient (Wildman–Crippen LogP) is 4.21. The predicted molar refractivity (Wildman–Crippen MR) is 98.2 cm³/mol. The first-order valence-electron chi connectivity index (χ1n) is 8.14. The monoisotopic (exact) mass is 307 g/mol. The number of benzene rings is 2. The van der Waals surface area contributed by atoms with Gasteiger partial charge in [0.2, 0.25) is 0 Å². The summed E-state index contributed by atoms with van der Waals surface area (Å²) in [6.07, 6.45) is 4.41. The van der Waals surface area contributed by atoms with Crippen molar-refractivity contribution in [3.63, 3.8) is 0 Å². The molecule has 2 aromatic carbocycles. The number of allylic oxidation sites excluding steroid dienone is 1. The number of rotatable bonds is 5. The number of nitrogens with one attached hydrogen (secondary N) is 1. The van der Waals surface area contributed by atoms with Crippen LogP contribution in [0.4, 0.5) is 0 Å². The Bertz CT molecular complexity index is 729. The Hall–Kier alpha value is -2.08. The average molecular weight is 307 g/mol. The highest BCUT2D eigenvalue weighted by molar-refractivity contribution is 5.86. The lowest BCUT2D eigenvalue weighted by atomic mass is 10.00. The van der Waals surface area contributed by atoms with Crippen LogP contribution in [0, 0.1) is 11.8 Å². The van der Waals surface area contributed by atoms with Gasteiger partial charge in [0.15, 0.2) is 0 Å². The van der Waals surface area contributed by atoms with E-state index in [0.717, 1.165) is 6.54 Å². The molecule has 0 spiro atoms. The molecule has 0 saturated heterocycles. The fourth-order valence-electron chi connectivity index (χ4n) is 2.39. The van der Waals surface area contributed by atoms with Crippen LogP contribution in [0.15, 0.2) is 54.6 Å². The zero-order valence-corrected chi connectivity index (χ0v) is 14.1. The highest BCUT2D eigenvalue weighted by Crippen LogP contribution is 2.23. The maximum atomic E-state index is 9.79. The summed E-state index contributed by atoms with van der Waals surface area (Å²) >= 11 is 0. The number of aliphatic hydroxyl groups is 1. The Balaban J connectivity index is 1.96. The second-order valence-corrected chi connectivity index (χ2v) is 6.00. The third-order valence-corrected chi connectivity index (χ3v) is 4.06. The van der Waals surface area contributed by atoms with Crippen LogP contribution in [0.5, 0.6) is 0 Å². The molecule has 0 radical (unpaired) electrons. The fraction of sp³-hybridized carbons (Fsp3) is 0.333. The summed E-state index contributed by atoms with van der Waals surface area (Å²) in [5.74, 6) is 5.74. The van der Waals surface area contributed by atoms with Crippen molar-refractivity contribution in [3.8, 4) is 11.8 Å². The molecule has 2 N–H and O–H groups in total. The highest BCUT2D eigenvalue weighted by atomic mass is 16.3. The van der Waals surface area contributed by atoms with Gasteiger partial charge in [-0.1, -0.05) is 67.3 Å². The topological polar surface area (TPSA) is 32.3 Å². The molecular weight excluding hydrogens is 282 g/mol. The summed E-state index contributed by atoms with van der Waals surface area (Å²) in [5, 5.41) is 15.8. The van der Waals surface area contributed by atoms with Crippen LogP contribution >= 0.6 is 0 Å². The molecule has 2 atom stereocenters. The van der Waals surface area contributed by atoms with E-state index >= 15 is 0 Å². The highest BCUT2D eigenvalue weighted by Gasteiger charge is 2.11. The molecule has 23 heavy (non-hydrogen) atoms. The van der Waals surface area contributed by atoms with Gasteiger partial charge >= 0.3 is 0 Å². The zero-order chi connectivity index (χ0) is 16.7. The molecule has 0 aliphatic carbocycles.